The van der Waals surface area contributed by atoms with Crippen LogP contribution >= 0.6 is 0 Å². The predicted molar refractivity (Wildman–Crippen MR) is 28.6 cm³/mol. The van der Waals surface area contributed by atoms with Crippen LogP contribution in [0.2, 0.25) is 0 Å². The van der Waals surface area contributed by atoms with Gasteiger partial charge in [0.15, 0.2) is 0 Å². The molecule has 34 valence electrons. The van der Waals surface area contributed by atoms with Crippen LogP contribution in [0.1, 0.15) is 14.8 Å². The summed E-state index contributed by atoms with van der Waals surface area (Å²) in [5.74, 6) is 0. The first-order chi connectivity index (χ1) is 2.89. The monoisotopic (exact) mass is 104 g/mol. The molecule has 0 spiro atoms. The summed E-state index contributed by atoms with van der Waals surface area (Å²) in [6, 6.07) is 0. The number of rotatable bonds is 0. The van der Waals surface area contributed by atoms with Gasteiger partial charge >= 0.3 is 29.6 Å². The Hall–Kier alpha value is 0.480. The van der Waals surface area contributed by atoms with Gasteiger partial charge in [-0.25, -0.2) is 0 Å². The van der Waals surface area contributed by atoms with Gasteiger partial charge in [0.05, 0.1) is 0 Å². The molecule has 1 heteroatoms. The molecule has 1 rings (SSSR count). The van der Waals surface area contributed by atoms with Crippen LogP contribution in [-0.2, 0) is 0 Å². The van der Waals surface area contributed by atoms with E-state index in [0.29, 0.717) is 0 Å². The van der Waals surface area contributed by atoms with Crippen LogP contribution in [-0.4, -0.2) is 0 Å². The second kappa shape index (κ2) is 3.48. The van der Waals surface area contributed by atoms with Gasteiger partial charge < -0.3 is 1.43 Å². The molecule has 0 heterocycles. The molecular weight excluding hydrogens is 95.1 g/mol. The molecule has 0 unspecified atom stereocenters. The van der Waals surface area contributed by atoms with E-state index in [9.17, 15) is 0 Å². The van der Waals surface area contributed by atoms with Crippen molar-refractivity contribution in [1.82, 2.24) is 0 Å². The Bertz CT molecular complexity index is 105. The van der Waals surface area contributed by atoms with Crippen LogP contribution in [0.3, 0.4) is 0 Å². The molecule has 0 atom stereocenters. The molecule has 0 fully saturated rings. The van der Waals surface area contributed by atoms with E-state index in [2.05, 4.69) is 25.2 Å². The van der Waals surface area contributed by atoms with Gasteiger partial charge in [-0.05, 0) is 13.3 Å². The normalized spacial score (nSPS) is 15.9. The quantitative estimate of drug-likeness (QED) is 0.346. The molecule has 0 nitrogen and oxygen atoms in total. The Morgan fingerprint density at radius 1 is 1.71 bits per heavy atom. The molecule has 0 amide bonds. The molecule has 0 aromatic carbocycles. The molecular formula is C6H9Na. The van der Waals surface area contributed by atoms with Gasteiger partial charge in [-0.3, -0.25) is 0 Å². The predicted octanol–water partition coefficient (Wildman–Crippen LogP) is -0.991. The van der Waals surface area contributed by atoms with E-state index in [4.69, 9.17) is 0 Å². The van der Waals surface area contributed by atoms with Crippen molar-refractivity contribution in [3.05, 3.63) is 23.8 Å². The summed E-state index contributed by atoms with van der Waals surface area (Å²) >= 11 is 0. The van der Waals surface area contributed by atoms with Crippen LogP contribution < -0.4 is 29.6 Å². The van der Waals surface area contributed by atoms with E-state index in [1.165, 1.54) is 12.0 Å². The minimum atomic E-state index is 0. The first kappa shape index (κ1) is 7.48. The van der Waals surface area contributed by atoms with E-state index in [0.717, 1.165) is 0 Å². The van der Waals surface area contributed by atoms with Gasteiger partial charge in [-0.2, -0.15) is 0 Å². The zero-order valence-corrected chi connectivity index (χ0v) is 6.94. The third kappa shape index (κ3) is 2.32. The van der Waals surface area contributed by atoms with E-state index < -0.39 is 0 Å². The number of allylic oxidation sites excluding steroid dienone is 4. The number of hydrogen-bond acceptors (Lipinski definition) is 0. The van der Waals surface area contributed by atoms with Gasteiger partial charge in [0.25, 0.3) is 0 Å². The molecule has 0 aromatic rings. The Morgan fingerprint density at radius 3 is 2.57 bits per heavy atom. The summed E-state index contributed by atoms with van der Waals surface area (Å²) in [5, 5.41) is 0. The van der Waals surface area contributed by atoms with E-state index in [1.807, 2.05) is 0 Å². The number of hydrogen-bond donors (Lipinski definition) is 0. The van der Waals surface area contributed by atoms with Crippen molar-refractivity contribution in [3.63, 3.8) is 0 Å². The summed E-state index contributed by atoms with van der Waals surface area (Å²) in [6.07, 6.45) is 7.56. The third-order valence-corrected chi connectivity index (χ3v) is 0.957. The minimum Gasteiger partial charge on any atom is -1.00 e. The summed E-state index contributed by atoms with van der Waals surface area (Å²) in [5.41, 5.74) is 1.47. The summed E-state index contributed by atoms with van der Waals surface area (Å²) in [4.78, 5) is 0. The van der Waals surface area contributed by atoms with Crippen LogP contribution in [0.5, 0.6) is 0 Å². The van der Waals surface area contributed by atoms with Crippen LogP contribution in [0, 0.1) is 0 Å². The van der Waals surface area contributed by atoms with Gasteiger partial charge in [0.1, 0.15) is 0 Å². The second-order valence-corrected chi connectivity index (χ2v) is 1.65. The van der Waals surface area contributed by atoms with E-state index >= 15 is 0 Å². The van der Waals surface area contributed by atoms with Gasteiger partial charge in [-0.1, -0.05) is 23.8 Å². The van der Waals surface area contributed by atoms with Crippen molar-refractivity contribution in [1.29, 1.82) is 0 Å². The molecule has 1 aliphatic carbocycles. The van der Waals surface area contributed by atoms with Crippen molar-refractivity contribution >= 4 is 0 Å². The first-order valence-electron chi connectivity index (χ1n) is 2.22. The Balaban J connectivity index is 0. The minimum absolute atomic E-state index is 0. The Morgan fingerprint density at radius 2 is 2.43 bits per heavy atom. The van der Waals surface area contributed by atoms with Crippen molar-refractivity contribution in [2.24, 2.45) is 0 Å². The summed E-state index contributed by atoms with van der Waals surface area (Å²) in [6.45, 7) is 2.14. The maximum Gasteiger partial charge on any atom is 1.00 e. The fourth-order valence-electron chi connectivity index (χ4n) is 0.554. The first-order valence-corrected chi connectivity index (χ1v) is 2.22. The van der Waals surface area contributed by atoms with E-state index in [-0.39, 0.29) is 31.0 Å². The van der Waals surface area contributed by atoms with Crippen LogP contribution in [0.25, 0.3) is 0 Å². The smallest absolute Gasteiger partial charge is 1.00 e. The molecule has 7 heavy (non-hydrogen) atoms. The second-order valence-electron chi connectivity index (χ2n) is 1.65. The third-order valence-electron chi connectivity index (χ3n) is 0.957. The largest absolute Gasteiger partial charge is 1.00 e. The summed E-state index contributed by atoms with van der Waals surface area (Å²) < 4.78 is 0. The Kier molecular flexibility index (Phi) is 3.72. The molecule has 0 bridgehead atoms. The maximum atomic E-state index is 2.16. The van der Waals surface area contributed by atoms with Crippen molar-refractivity contribution in [2.75, 3.05) is 0 Å². The molecule has 0 saturated carbocycles. The Labute approximate surface area is 68.1 Å². The fourth-order valence-corrected chi connectivity index (χ4v) is 0.554. The zero-order valence-electron chi connectivity index (χ0n) is 5.94. The molecule has 0 aliphatic heterocycles. The van der Waals surface area contributed by atoms with Crippen molar-refractivity contribution in [3.8, 4) is 0 Å². The van der Waals surface area contributed by atoms with Gasteiger partial charge in [-0.15, -0.1) is 0 Å². The fraction of sp³-hybridized carbons (Fsp3) is 0.333. The zero-order chi connectivity index (χ0) is 4.41. The SMILES string of the molecule is CC1=CC=CC1.[H-].[Na+]. The maximum absolute atomic E-state index is 2.16. The molecule has 0 aromatic heterocycles. The van der Waals surface area contributed by atoms with Crippen molar-refractivity contribution in [2.45, 2.75) is 13.3 Å². The standard InChI is InChI=1S/C6H8.Na.H/c1-6-4-2-3-5-6;;/h2-4H,5H2,1H3;;/q;+1;-1. The topological polar surface area (TPSA) is 0 Å². The van der Waals surface area contributed by atoms with Crippen molar-refractivity contribution < 1.29 is 31.0 Å². The molecule has 0 N–H and O–H groups in total. The average molecular weight is 104 g/mol. The molecule has 1 aliphatic rings. The average Bonchev–Trinajstić information content (AvgIpc) is 1.86. The van der Waals surface area contributed by atoms with Gasteiger partial charge in [0.2, 0.25) is 0 Å². The van der Waals surface area contributed by atoms with Crippen LogP contribution in [0.15, 0.2) is 23.8 Å². The van der Waals surface area contributed by atoms with Gasteiger partial charge in [0, 0.05) is 0 Å². The van der Waals surface area contributed by atoms with Crippen LogP contribution in [0.4, 0.5) is 0 Å². The molecule has 0 saturated heterocycles. The molecule has 0 radical (unpaired) electrons. The van der Waals surface area contributed by atoms with E-state index in [1.54, 1.807) is 0 Å². The summed E-state index contributed by atoms with van der Waals surface area (Å²) in [7, 11) is 0.